The van der Waals surface area contributed by atoms with Crippen LogP contribution in [0.3, 0.4) is 0 Å². The SMILES string of the molecule is CC(C)(C)c1ccc(N(c2ccc3c(c2)C(C)(C)c2c-3ccc3ccccc23)c2ccc3c(-c4ccc5ccccc5c4)c4cc(N(c5ccccc5)c5ccc6c(c5)C(C)(C)c5c-6ccc6ccccc56)ccc4c(-c4ccc5ccccc5c4)c3c2)cc1. The topological polar surface area (TPSA) is 6.48 Å². The van der Waals surface area contributed by atoms with Crippen LogP contribution in [0.1, 0.15) is 76.3 Å². The highest BCUT2D eigenvalue weighted by Gasteiger charge is 2.39. The van der Waals surface area contributed by atoms with Crippen molar-refractivity contribution in [3.63, 3.8) is 0 Å². The van der Waals surface area contributed by atoms with Crippen LogP contribution in [0.15, 0.2) is 285 Å². The molecule has 90 heavy (non-hydrogen) atoms. The predicted octanol–water partition coefficient (Wildman–Crippen LogP) is 24.8. The largest absolute Gasteiger partial charge is 0.310 e. The molecule has 17 rings (SSSR count). The molecule has 0 heterocycles. The summed E-state index contributed by atoms with van der Waals surface area (Å²) in [7, 11) is 0. The minimum Gasteiger partial charge on any atom is -0.310 e. The molecule has 0 N–H and O–H groups in total. The summed E-state index contributed by atoms with van der Waals surface area (Å²) < 4.78 is 0. The van der Waals surface area contributed by atoms with E-state index in [1.165, 1.54) is 137 Å². The molecule has 0 aliphatic heterocycles. The summed E-state index contributed by atoms with van der Waals surface area (Å²) in [4.78, 5) is 4.98. The summed E-state index contributed by atoms with van der Waals surface area (Å²) in [6.45, 7) is 16.6. The van der Waals surface area contributed by atoms with Gasteiger partial charge in [0.05, 0.1) is 0 Å². The molecule has 0 unspecified atom stereocenters. The van der Waals surface area contributed by atoms with Gasteiger partial charge in [0, 0.05) is 45.0 Å². The van der Waals surface area contributed by atoms with E-state index in [1.54, 1.807) is 0 Å². The average molecular weight is 1150 g/mol. The van der Waals surface area contributed by atoms with Crippen LogP contribution >= 0.6 is 0 Å². The van der Waals surface area contributed by atoms with Crippen molar-refractivity contribution >= 4 is 98.8 Å². The first-order chi connectivity index (χ1) is 43.8. The zero-order chi connectivity index (χ0) is 60.8. The molecule has 15 aromatic rings. The lowest BCUT2D eigenvalue weighted by Gasteiger charge is -2.30. The number of para-hydroxylation sites is 1. The van der Waals surface area contributed by atoms with Crippen LogP contribution in [-0.2, 0) is 16.2 Å². The Labute approximate surface area is 527 Å². The molecule has 2 aliphatic rings. The first kappa shape index (κ1) is 53.7. The van der Waals surface area contributed by atoms with Gasteiger partial charge in [0.2, 0.25) is 0 Å². The molecule has 2 heteroatoms. The molecule has 0 atom stereocenters. The molecule has 2 nitrogen and oxygen atoms in total. The summed E-state index contributed by atoms with van der Waals surface area (Å²) in [5, 5.41) is 14.8. The zero-order valence-corrected chi connectivity index (χ0v) is 52.0. The molecule has 0 aromatic heterocycles. The normalized spacial score (nSPS) is 13.7. The highest BCUT2D eigenvalue weighted by Crippen LogP contribution is 2.56. The maximum atomic E-state index is 2.51. The van der Waals surface area contributed by atoms with Gasteiger partial charge in [-0.05, 0) is 227 Å². The lowest BCUT2D eigenvalue weighted by molar-refractivity contribution is 0.590. The zero-order valence-electron chi connectivity index (χ0n) is 52.0. The lowest BCUT2D eigenvalue weighted by atomic mass is 9.80. The number of anilines is 6. The predicted molar refractivity (Wildman–Crippen MR) is 386 cm³/mol. The molecular formula is C88H68N2. The second-order valence-electron chi connectivity index (χ2n) is 27.3. The van der Waals surface area contributed by atoms with Gasteiger partial charge in [-0.1, -0.05) is 249 Å². The van der Waals surface area contributed by atoms with Gasteiger partial charge in [0.1, 0.15) is 0 Å². The standard InChI is InChI=1S/C88H68N2/c1-86(2,3)63-35-37-65(38-36-63)90(69-40-46-73-77-44-34-58-22-16-18-28-71(58)85(77)88(6,7)81(73)54-69)67-42-48-75-79(52-67)83(62-32-30-56-20-12-14-24-60(56)50-62)74-47-41-66(51-78(74)82(75)61-31-29-55-19-11-13-23-59(55)49-61)89(64-25-9-8-10-26-64)68-39-45-72-76-43-33-57-21-15-17-27-70(57)84(76)87(4,5)80(72)53-68/h8-54H,1-7H3. The molecule has 0 bridgehead atoms. The number of fused-ring (bicyclic) bond motifs is 14. The van der Waals surface area contributed by atoms with Crippen molar-refractivity contribution in [3.8, 4) is 44.5 Å². The van der Waals surface area contributed by atoms with E-state index in [-0.39, 0.29) is 16.2 Å². The molecule has 0 fully saturated rings. The minimum absolute atomic E-state index is 0.00816. The van der Waals surface area contributed by atoms with Gasteiger partial charge in [-0.15, -0.1) is 0 Å². The van der Waals surface area contributed by atoms with Crippen LogP contribution in [0.25, 0.3) is 109 Å². The van der Waals surface area contributed by atoms with Crippen molar-refractivity contribution in [3.05, 3.63) is 313 Å². The van der Waals surface area contributed by atoms with E-state index in [9.17, 15) is 0 Å². The number of benzene rings is 15. The Bertz CT molecular complexity index is 5470. The van der Waals surface area contributed by atoms with Crippen molar-refractivity contribution in [2.75, 3.05) is 9.80 Å². The van der Waals surface area contributed by atoms with E-state index in [0.717, 1.165) is 34.1 Å². The van der Waals surface area contributed by atoms with E-state index in [0.29, 0.717) is 0 Å². The van der Waals surface area contributed by atoms with Crippen LogP contribution in [-0.4, -0.2) is 0 Å². The number of hydrogen-bond acceptors (Lipinski definition) is 2. The Morgan fingerprint density at radius 3 is 1.07 bits per heavy atom. The summed E-state index contributed by atoms with van der Waals surface area (Å²) in [5.41, 5.74) is 23.0. The van der Waals surface area contributed by atoms with Crippen molar-refractivity contribution in [2.24, 2.45) is 0 Å². The van der Waals surface area contributed by atoms with Crippen molar-refractivity contribution < 1.29 is 0 Å². The summed E-state index contributed by atoms with van der Waals surface area (Å²) in [6.07, 6.45) is 0. The third-order valence-corrected chi connectivity index (χ3v) is 20.2. The molecular weight excluding hydrogens is 1080 g/mol. The van der Waals surface area contributed by atoms with E-state index in [2.05, 4.69) is 343 Å². The van der Waals surface area contributed by atoms with Crippen molar-refractivity contribution in [2.45, 2.75) is 64.7 Å². The van der Waals surface area contributed by atoms with E-state index >= 15 is 0 Å². The lowest BCUT2D eigenvalue weighted by Crippen LogP contribution is -2.17. The first-order valence-corrected chi connectivity index (χ1v) is 31.9. The fourth-order valence-corrected chi connectivity index (χ4v) is 15.8. The van der Waals surface area contributed by atoms with E-state index in [1.807, 2.05) is 0 Å². The van der Waals surface area contributed by atoms with Crippen molar-refractivity contribution in [1.82, 2.24) is 0 Å². The van der Waals surface area contributed by atoms with Gasteiger partial charge in [-0.3, -0.25) is 0 Å². The third kappa shape index (κ3) is 8.31. The van der Waals surface area contributed by atoms with Gasteiger partial charge in [0.15, 0.2) is 0 Å². The van der Waals surface area contributed by atoms with E-state index in [4.69, 9.17) is 0 Å². The Hall–Kier alpha value is -10.5. The Balaban J connectivity index is 0.923. The molecule has 0 amide bonds. The molecule has 0 saturated heterocycles. The molecule has 15 aromatic carbocycles. The van der Waals surface area contributed by atoms with Gasteiger partial charge in [-0.25, -0.2) is 0 Å². The Morgan fingerprint density at radius 1 is 0.256 bits per heavy atom. The Morgan fingerprint density at radius 2 is 0.611 bits per heavy atom. The third-order valence-electron chi connectivity index (χ3n) is 20.2. The highest BCUT2D eigenvalue weighted by atomic mass is 15.1. The average Bonchev–Trinajstić information content (AvgIpc) is 1.38. The second-order valence-corrected chi connectivity index (χ2v) is 27.3. The number of nitrogens with zero attached hydrogens (tertiary/aromatic N) is 2. The second kappa shape index (κ2) is 20.0. The molecule has 0 radical (unpaired) electrons. The van der Waals surface area contributed by atoms with Crippen LogP contribution in [0.2, 0.25) is 0 Å². The summed E-state index contributed by atoms with van der Waals surface area (Å²) >= 11 is 0. The van der Waals surface area contributed by atoms with Crippen LogP contribution in [0.4, 0.5) is 34.1 Å². The monoisotopic (exact) mass is 1150 g/mol. The van der Waals surface area contributed by atoms with Gasteiger partial charge >= 0.3 is 0 Å². The van der Waals surface area contributed by atoms with Crippen molar-refractivity contribution in [1.29, 1.82) is 0 Å². The number of hydrogen-bond donors (Lipinski definition) is 0. The van der Waals surface area contributed by atoms with Crippen LogP contribution in [0, 0.1) is 0 Å². The van der Waals surface area contributed by atoms with Crippen LogP contribution < -0.4 is 9.80 Å². The smallest absolute Gasteiger partial charge is 0.0468 e. The highest BCUT2D eigenvalue weighted by molar-refractivity contribution is 6.23. The molecule has 0 spiro atoms. The maximum Gasteiger partial charge on any atom is 0.0468 e. The van der Waals surface area contributed by atoms with Crippen LogP contribution in [0.5, 0.6) is 0 Å². The van der Waals surface area contributed by atoms with Gasteiger partial charge < -0.3 is 9.80 Å². The minimum atomic E-state index is -0.239. The summed E-state index contributed by atoms with van der Waals surface area (Å²) in [5.74, 6) is 0. The molecule has 430 valence electrons. The number of rotatable bonds is 8. The summed E-state index contributed by atoms with van der Waals surface area (Å²) in [6, 6.07) is 108. The fraction of sp³-hybridized carbons (Fsp3) is 0.114. The van der Waals surface area contributed by atoms with Gasteiger partial charge in [0.25, 0.3) is 0 Å². The first-order valence-electron chi connectivity index (χ1n) is 31.9. The molecule has 0 saturated carbocycles. The quantitative estimate of drug-likeness (QED) is 0.140. The van der Waals surface area contributed by atoms with Gasteiger partial charge in [-0.2, -0.15) is 0 Å². The fourth-order valence-electron chi connectivity index (χ4n) is 15.8. The molecule has 2 aliphatic carbocycles. The van der Waals surface area contributed by atoms with E-state index < -0.39 is 0 Å². The maximum absolute atomic E-state index is 2.51. The Kier molecular flexibility index (Phi) is 11.9.